The average Bonchev–Trinajstić information content (AvgIpc) is 2.96. The van der Waals surface area contributed by atoms with Crippen LogP contribution < -0.4 is 10.6 Å². The lowest BCUT2D eigenvalue weighted by atomic mass is 10.1. The molecule has 144 valence electrons. The van der Waals surface area contributed by atoms with E-state index in [1.807, 2.05) is 0 Å². The second-order valence-corrected chi connectivity index (χ2v) is 6.55. The highest BCUT2D eigenvalue weighted by Crippen LogP contribution is 2.34. The number of carbonyl (C=O) groups is 2. The molecular formula is C17H16ClF3N4O2. The zero-order valence-electron chi connectivity index (χ0n) is 14.0. The maximum atomic E-state index is 13.7. The standard InChI is InChI=1S/C17H16ClF3N4O2/c18-10-4-3-5-11(8-10)25-14(17(19,20)21)12(9-23-25)15(26)24-13-6-1-2-7-22-16(13)27/h3-5,8-9,13H,1-2,6-7H2,(H,22,27)(H,24,26). The van der Waals surface area contributed by atoms with Gasteiger partial charge < -0.3 is 10.6 Å². The lowest BCUT2D eigenvalue weighted by Gasteiger charge is -2.16. The van der Waals surface area contributed by atoms with Crippen LogP contribution in [-0.2, 0) is 11.0 Å². The maximum Gasteiger partial charge on any atom is 0.434 e. The first kappa shape index (κ1) is 19.2. The molecule has 0 radical (unpaired) electrons. The van der Waals surface area contributed by atoms with E-state index in [9.17, 15) is 22.8 Å². The molecule has 3 rings (SSSR count). The van der Waals surface area contributed by atoms with E-state index < -0.39 is 35.3 Å². The van der Waals surface area contributed by atoms with E-state index in [2.05, 4.69) is 15.7 Å². The Morgan fingerprint density at radius 3 is 2.81 bits per heavy atom. The molecule has 1 unspecified atom stereocenters. The van der Waals surface area contributed by atoms with Gasteiger partial charge in [0.1, 0.15) is 6.04 Å². The van der Waals surface area contributed by atoms with Crippen molar-refractivity contribution in [3.05, 3.63) is 46.7 Å². The second kappa shape index (κ2) is 7.59. The number of benzene rings is 1. The molecule has 2 amide bonds. The quantitative estimate of drug-likeness (QED) is 0.831. The number of hydrogen-bond acceptors (Lipinski definition) is 3. The summed E-state index contributed by atoms with van der Waals surface area (Å²) in [6.45, 7) is 0.478. The maximum absolute atomic E-state index is 13.7. The van der Waals surface area contributed by atoms with Crippen LogP contribution in [0.3, 0.4) is 0 Å². The van der Waals surface area contributed by atoms with Crippen molar-refractivity contribution in [1.82, 2.24) is 20.4 Å². The molecule has 1 saturated heterocycles. The predicted octanol–water partition coefficient (Wildman–Crippen LogP) is 2.94. The number of nitrogens with one attached hydrogen (secondary N) is 2. The number of alkyl halides is 3. The van der Waals surface area contributed by atoms with Gasteiger partial charge in [-0.2, -0.15) is 18.3 Å². The molecule has 0 spiro atoms. The van der Waals surface area contributed by atoms with E-state index >= 15 is 0 Å². The van der Waals surface area contributed by atoms with Gasteiger partial charge in [-0.1, -0.05) is 17.7 Å². The summed E-state index contributed by atoms with van der Waals surface area (Å²) in [4.78, 5) is 24.4. The van der Waals surface area contributed by atoms with Crippen molar-refractivity contribution in [2.24, 2.45) is 0 Å². The summed E-state index contributed by atoms with van der Waals surface area (Å²) in [5, 5.41) is 8.96. The minimum absolute atomic E-state index is 0.0704. The molecule has 2 N–H and O–H groups in total. The van der Waals surface area contributed by atoms with Crippen LogP contribution in [0.1, 0.15) is 35.3 Å². The predicted molar refractivity (Wildman–Crippen MR) is 91.7 cm³/mol. The Morgan fingerprint density at radius 2 is 2.11 bits per heavy atom. The summed E-state index contributed by atoms with van der Waals surface area (Å²) in [6.07, 6.45) is -2.21. The Bertz CT molecular complexity index is 866. The minimum Gasteiger partial charge on any atom is -0.354 e. The van der Waals surface area contributed by atoms with Crippen molar-refractivity contribution in [3.63, 3.8) is 0 Å². The first-order valence-electron chi connectivity index (χ1n) is 8.27. The van der Waals surface area contributed by atoms with Crippen molar-refractivity contribution in [1.29, 1.82) is 0 Å². The molecule has 1 fully saturated rings. The number of carbonyl (C=O) groups excluding carboxylic acids is 2. The van der Waals surface area contributed by atoms with Gasteiger partial charge in [0.2, 0.25) is 5.91 Å². The van der Waals surface area contributed by atoms with E-state index in [0.29, 0.717) is 24.1 Å². The largest absolute Gasteiger partial charge is 0.434 e. The molecule has 1 aromatic heterocycles. The van der Waals surface area contributed by atoms with Crippen molar-refractivity contribution in [2.45, 2.75) is 31.5 Å². The van der Waals surface area contributed by atoms with Gasteiger partial charge in [0.15, 0.2) is 5.69 Å². The van der Waals surface area contributed by atoms with Crippen LogP contribution >= 0.6 is 11.6 Å². The lowest BCUT2D eigenvalue weighted by Crippen LogP contribution is -2.45. The number of hydrogen-bond donors (Lipinski definition) is 2. The van der Waals surface area contributed by atoms with E-state index in [4.69, 9.17) is 11.6 Å². The van der Waals surface area contributed by atoms with Gasteiger partial charge >= 0.3 is 6.18 Å². The van der Waals surface area contributed by atoms with Gasteiger partial charge in [-0.3, -0.25) is 9.59 Å². The van der Waals surface area contributed by atoms with Gasteiger partial charge in [-0.25, -0.2) is 4.68 Å². The van der Waals surface area contributed by atoms with Crippen molar-refractivity contribution < 1.29 is 22.8 Å². The monoisotopic (exact) mass is 400 g/mol. The highest BCUT2D eigenvalue weighted by atomic mass is 35.5. The molecule has 1 aliphatic heterocycles. The molecular weight excluding hydrogens is 385 g/mol. The third-order valence-electron chi connectivity index (χ3n) is 4.18. The van der Waals surface area contributed by atoms with Gasteiger partial charge in [-0.15, -0.1) is 0 Å². The summed E-state index contributed by atoms with van der Waals surface area (Å²) < 4.78 is 41.6. The lowest BCUT2D eigenvalue weighted by molar-refractivity contribution is -0.143. The topological polar surface area (TPSA) is 76.0 Å². The first-order chi connectivity index (χ1) is 12.8. The van der Waals surface area contributed by atoms with Gasteiger partial charge in [0.05, 0.1) is 17.4 Å². The number of rotatable bonds is 3. The zero-order chi connectivity index (χ0) is 19.6. The molecule has 1 aliphatic rings. The molecule has 2 aromatic rings. The Balaban J connectivity index is 1.95. The van der Waals surface area contributed by atoms with Gasteiger partial charge in [0, 0.05) is 11.6 Å². The van der Waals surface area contributed by atoms with E-state index in [-0.39, 0.29) is 10.7 Å². The Labute approximate surface area is 157 Å². The van der Waals surface area contributed by atoms with Gasteiger partial charge in [0.25, 0.3) is 5.91 Å². The van der Waals surface area contributed by atoms with Crippen LogP contribution in [0.2, 0.25) is 5.02 Å². The summed E-state index contributed by atoms with van der Waals surface area (Å²) in [7, 11) is 0. The highest BCUT2D eigenvalue weighted by Gasteiger charge is 2.41. The molecule has 0 bridgehead atoms. The zero-order valence-corrected chi connectivity index (χ0v) is 14.8. The molecule has 0 saturated carbocycles. The summed E-state index contributed by atoms with van der Waals surface area (Å²) in [5.41, 5.74) is -1.81. The molecule has 10 heteroatoms. The number of aromatic nitrogens is 2. The fourth-order valence-electron chi connectivity index (χ4n) is 2.90. The van der Waals surface area contributed by atoms with E-state index in [1.165, 1.54) is 24.3 Å². The van der Waals surface area contributed by atoms with Gasteiger partial charge in [-0.05, 0) is 37.5 Å². The Kier molecular flexibility index (Phi) is 5.41. The fourth-order valence-corrected chi connectivity index (χ4v) is 3.09. The molecule has 0 aliphatic carbocycles. The van der Waals surface area contributed by atoms with Crippen molar-refractivity contribution >= 4 is 23.4 Å². The van der Waals surface area contributed by atoms with E-state index in [1.54, 1.807) is 0 Å². The highest BCUT2D eigenvalue weighted by molar-refractivity contribution is 6.30. The molecule has 2 heterocycles. The first-order valence-corrected chi connectivity index (χ1v) is 8.65. The average molecular weight is 401 g/mol. The van der Waals surface area contributed by atoms with Crippen molar-refractivity contribution in [2.75, 3.05) is 6.54 Å². The van der Waals surface area contributed by atoms with E-state index in [0.717, 1.165) is 12.6 Å². The van der Waals surface area contributed by atoms with Crippen LogP contribution in [0.5, 0.6) is 0 Å². The normalized spacial score (nSPS) is 17.9. The summed E-state index contributed by atoms with van der Waals surface area (Å²) in [6, 6.07) is 4.82. The summed E-state index contributed by atoms with van der Waals surface area (Å²) in [5.74, 6) is -1.41. The molecule has 1 aromatic carbocycles. The van der Waals surface area contributed by atoms with Crippen LogP contribution in [0.15, 0.2) is 30.5 Å². The molecule has 6 nitrogen and oxygen atoms in total. The smallest absolute Gasteiger partial charge is 0.354 e. The second-order valence-electron chi connectivity index (χ2n) is 6.11. The Morgan fingerprint density at radius 1 is 1.33 bits per heavy atom. The Hall–Kier alpha value is -2.55. The molecule has 1 atom stereocenters. The third kappa shape index (κ3) is 4.24. The van der Waals surface area contributed by atoms with Crippen LogP contribution in [0, 0.1) is 0 Å². The number of halogens is 4. The van der Waals surface area contributed by atoms with Crippen molar-refractivity contribution in [3.8, 4) is 5.69 Å². The third-order valence-corrected chi connectivity index (χ3v) is 4.41. The van der Waals surface area contributed by atoms with Crippen LogP contribution in [0.4, 0.5) is 13.2 Å². The van der Waals surface area contributed by atoms with Crippen LogP contribution in [0.25, 0.3) is 5.69 Å². The molecule has 27 heavy (non-hydrogen) atoms. The fraction of sp³-hybridized carbons (Fsp3) is 0.353. The summed E-state index contributed by atoms with van der Waals surface area (Å²) >= 11 is 5.84. The number of amides is 2. The van der Waals surface area contributed by atoms with Crippen LogP contribution in [-0.4, -0.2) is 34.2 Å². The SMILES string of the molecule is O=C(NC1CCCCNC1=O)c1cnn(-c2cccc(Cl)c2)c1C(F)(F)F. The number of nitrogens with zero attached hydrogens (tertiary/aromatic N) is 2. The minimum atomic E-state index is -4.84.